The number of anilines is 1. The van der Waals surface area contributed by atoms with Crippen LogP contribution in [0.15, 0.2) is 35.7 Å². The molecule has 1 amide bonds. The lowest BCUT2D eigenvalue weighted by Crippen LogP contribution is -2.13. The second-order valence-electron chi connectivity index (χ2n) is 6.65. The van der Waals surface area contributed by atoms with Crippen LogP contribution >= 0.6 is 11.3 Å². The molecule has 0 unspecified atom stereocenters. The summed E-state index contributed by atoms with van der Waals surface area (Å²) >= 11 is 1.31. The van der Waals surface area contributed by atoms with Crippen molar-refractivity contribution in [2.75, 3.05) is 26.6 Å². The molecule has 6 nitrogen and oxygen atoms in total. The summed E-state index contributed by atoms with van der Waals surface area (Å²) in [5.74, 6) is 0.803. The van der Waals surface area contributed by atoms with Gasteiger partial charge in [0, 0.05) is 23.1 Å². The van der Waals surface area contributed by atoms with Crippen LogP contribution in [-0.2, 0) is 0 Å². The number of nitrogens with zero attached hydrogens (tertiary/aromatic N) is 1. The third-order valence-electron chi connectivity index (χ3n) is 4.76. The molecule has 3 rings (SSSR count). The third kappa shape index (κ3) is 3.95. The molecule has 0 radical (unpaired) electrons. The van der Waals surface area contributed by atoms with Crippen molar-refractivity contribution >= 4 is 22.2 Å². The van der Waals surface area contributed by atoms with E-state index >= 15 is 0 Å². The monoisotopic (exact) mass is 422 g/mol. The van der Waals surface area contributed by atoms with Gasteiger partial charge in [-0.05, 0) is 25.0 Å². The Labute approximate surface area is 179 Å². The van der Waals surface area contributed by atoms with Crippen LogP contribution < -0.4 is 19.5 Å². The first kappa shape index (κ1) is 21.2. The molecule has 0 saturated carbocycles. The lowest BCUT2D eigenvalue weighted by molar-refractivity contribution is 0.102. The summed E-state index contributed by atoms with van der Waals surface area (Å²) in [7, 11) is 4.48. The van der Waals surface area contributed by atoms with Crippen molar-refractivity contribution in [1.29, 1.82) is 5.26 Å². The number of ether oxygens (including phenoxy) is 3. The molecular formula is C23H22N2O4S. The Hall–Kier alpha value is -3.50. The minimum atomic E-state index is -0.404. The van der Waals surface area contributed by atoms with E-state index in [-0.39, 0.29) is 5.56 Å². The summed E-state index contributed by atoms with van der Waals surface area (Å²) in [6, 6.07) is 11.5. The summed E-state index contributed by atoms with van der Waals surface area (Å²) in [5, 5.41) is 15.0. The van der Waals surface area contributed by atoms with Gasteiger partial charge in [-0.1, -0.05) is 23.8 Å². The van der Waals surface area contributed by atoms with E-state index < -0.39 is 5.91 Å². The van der Waals surface area contributed by atoms with Gasteiger partial charge in [-0.15, -0.1) is 11.3 Å². The van der Waals surface area contributed by atoms with Crippen LogP contribution in [0.1, 0.15) is 27.0 Å². The second-order valence-corrected chi connectivity index (χ2v) is 7.52. The molecule has 1 aromatic heterocycles. The Kier molecular flexibility index (Phi) is 6.28. The number of carbonyl (C=O) groups excluding carboxylic acids is 1. The van der Waals surface area contributed by atoms with Crippen molar-refractivity contribution in [2.45, 2.75) is 13.8 Å². The Bertz CT molecular complexity index is 1140. The Morgan fingerprint density at radius 3 is 2.27 bits per heavy atom. The largest absolute Gasteiger partial charge is 0.496 e. The number of methoxy groups -OCH3 is 3. The topological polar surface area (TPSA) is 80.6 Å². The van der Waals surface area contributed by atoms with E-state index in [0.29, 0.717) is 27.8 Å². The average Bonchev–Trinajstić information content (AvgIpc) is 3.16. The zero-order valence-electron chi connectivity index (χ0n) is 17.5. The highest BCUT2D eigenvalue weighted by Gasteiger charge is 2.21. The number of benzene rings is 2. The first-order valence-corrected chi connectivity index (χ1v) is 10.0. The number of hydrogen-bond acceptors (Lipinski definition) is 6. The van der Waals surface area contributed by atoms with Crippen LogP contribution in [0.5, 0.6) is 17.2 Å². The summed E-state index contributed by atoms with van der Waals surface area (Å²) in [6.45, 7) is 4.01. The molecule has 1 N–H and O–H groups in total. The number of hydrogen-bond donors (Lipinski definition) is 1. The van der Waals surface area contributed by atoms with Gasteiger partial charge >= 0.3 is 0 Å². The average molecular weight is 423 g/mol. The highest BCUT2D eigenvalue weighted by atomic mass is 32.1. The molecule has 1 heterocycles. The van der Waals surface area contributed by atoms with Crippen molar-refractivity contribution in [3.8, 4) is 34.4 Å². The molecule has 0 spiro atoms. The van der Waals surface area contributed by atoms with Gasteiger partial charge in [0.25, 0.3) is 5.91 Å². The summed E-state index contributed by atoms with van der Waals surface area (Å²) < 4.78 is 15.9. The molecule has 154 valence electrons. The fourth-order valence-electron chi connectivity index (χ4n) is 3.16. The SMILES string of the molecule is COc1cc(OC)c(C(=O)Nc2scc(-c3cc(C)ccc3C)c2C#N)cc1OC. The number of rotatable bonds is 6. The van der Waals surface area contributed by atoms with Gasteiger partial charge in [-0.25, -0.2) is 0 Å². The first-order valence-electron chi connectivity index (χ1n) is 9.14. The van der Waals surface area contributed by atoms with Crippen LogP contribution in [-0.4, -0.2) is 27.2 Å². The molecule has 0 saturated heterocycles. The number of aryl methyl sites for hydroxylation is 2. The molecule has 0 aliphatic carbocycles. The summed E-state index contributed by atoms with van der Waals surface area (Å²) in [4.78, 5) is 13.0. The van der Waals surface area contributed by atoms with E-state index in [4.69, 9.17) is 14.2 Å². The van der Waals surface area contributed by atoms with Crippen molar-refractivity contribution < 1.29 is 19.0 Å². The van der Waals surface area contributed by atoms with Crippen LogP contribution in [0.2, 0.25) is 0 Å². The van der Waals surface area contributed by atoms with Gasteiger partial charge in [0.15, 0.2) is 11.5 Å². The first-order chi connectivity index (χ1) is 14.4. The molecule has 30 heavy (non-hydrogen) atoms. The van der Waals surface area contributed by atoms with Gasteiger partial charge < -0.3 is 19.5 Å². The fourth-order valence-corrected chi connectivity index (χ4v) is 4.07. The summed E-state index contributed by atoms with van der Waals surface area (Å²) in [5.41, 5.74) is 4.66. The Morgan fingerprint density at radius 2 is 1.63 bits per heavy atom. The Morgan fingerprint density at radius 1 is 0.967 bits per heavy atom. The molecule has 0 atom stereocenters. The third-order valence-corrected chi connectivity index (χ3v) is 5.66. The predicted octanol–water partition coefficient (Wildman–Crippen LogP) is 5.18. The van der Waals surface area contributed by atoms with Gasteiger partial charge in [-0.2, -0.15) is 5.26 Å². The molecule has 0 fully saturated rings. The van der Waals surface area contributed by atoms with Crippen LogP contribution in [0.3, 0.4) is 0 Å². The fraction of sp³-hybridized carbons (Fsp3) is 0.217. The predicted molar refractivity (Wildman–Crippen MR) is 118 cm³/mol. The van der Waals surface area contributed by atoms with Crippen molar-refractivity contribution in [1.82, 2.24) is 0 Å². The molecule has 2 aromatic carbocycles. The van der Waals surface area contributed by atoms with Crippen LogP contribution in [0.4, 0.5) is 5.00 Å². The summed E-state index contributed by atoms with van der Waals surface area (Å²) in [6.07, 6.45) is 0. The van der Waals surface area contributed by atoms with E-state index in [1.807, 2.05) is 37.4 Å². The number of nitriles is 1. The molecule has 0 bridgehead atoms. The lowest BCUT2D eigenvalue weighted by Gasteiger charge is -2.14. The van der Waals surface area contributed by atoms with Gasteiger partial charge in [0.1, 0.15) is 16.8 Å². The highest BCUT2D eigenvalue weighted by Crippen LogP contribution is 2.39. The van der Waals surface area contributed by atoms with Crippen molar-refractivity contribution in [3.63, 3.8) is 0 Å². The quantitative estimate of drug-likeness (QED) is 0.592. The van der Waals surface area contributed by atoms with E-state index in [2.05, 4.69) is 11.4 Å². The zero-order valence-corrected chi connectivity index (χ0v) is 18.3. The smallest absolute Gasteiger partial charge is 0.260 e. The molecule has 3 aromatic rings. The van der Waals surface area contributed by atoms with Crippen molar-refractivity contribution in [2.24, 2.45) is 0 Å². The number of amides is 1. The highest BCUT2D eigenvalue weighted by molar-refractivity contribution is 7.15. The zero-order chi connectivity index (χ0) is 21.8. The van der Waals surface area contributed by atoms with E-state index in [1.54, 1.807) is 12.1 Å². The minimum Gasteiger partial charge on any atom is -0.496 e. The van der Waals surface area contributed by atoms with Crippen LogP contribution in [0.25, 0.3) is 11.1 Å². The van der Waals surface area contributed by atoms with Crippen molar-refractivity contribution in [3.05, 3.63) is 58.0 Å². The van der Waals surface area contributed by atoms with Gasteiger partial charge in [0.2, 0.25) is 0 Å². The molecule has 7 heteroatoms. The second kappa shape index (κ2) is 8.89. The van der Waals surface area contributed by atoms with Gasteiger partial charge in [-0.3, -0.25) is 4.79 Å². The normalized spacial score (nSPS) is 10.3. The maximum absolute atomic E-state index is 13.0. The van der Waals surface area contributed by atoms with Crippen LogP contribution in [0, 0.1) is 25.2 Å². The van der Waals surface area contributed by atoms with Gasteiger partial charge in [0.05, 0.1) is 32.5 Å². The van der Waals surface area contributed by atoms with E-state index in [9.17, 15) is 10.1 Å². The maximum atomic E-state index is 13.0. The number of nitrogens with one attached hydrogen (secondary N) is 1. The minimum absolute atomic E-state index is 0.278. The maximum Gasteiger partial charge on any atom is 0.260 e. The van der Waals surface area contributed by atoms with E-state index in [0.717, 1.165) is 22.3 Å². The molecular weight excluding hydrogens is 400 g/mol. The molecule has 0 aliphatic heterocycles. The number of thiophene rings is 1. The Balaban J connectivity index is 2.00. The number of carbonyl (C=O) groups is 1. The van der Waals surface area contributed by atoms with E-state index in [1.165, 1.54) is 32.7 Å². The lowest BCUT2D eigenvalue weighted by atomic mass is 9.98. The standard InChI is InChI=1S/C23H22N2O4S/c1-13-6-7-14(2)15(8-13)18-12-30-23(17(18)11-24)25-22(26)16-9-20(28-4)21(29-5)10-19(16)27-3/h6-10,12H,1-5H3,(H,25,26). The molecule has 0 aliphatic rings.